The molecule has 5 heteroatoms. The van der Waals surface area contributed by atoms with Gasteiger partial charge in [0.1, 0.15) is 0 Å². The van der Waals surface area contributed by atoms with E-state index in [-0.39, 0.29) is 0 Å². The first kappa shape index (κ1) is 16.0. The van der Waals surface area contributed by atoms with Crippen molar-refractivity contribution in [1.82, 2.24) is 0 Å². The van der Waals surface area contributed by atoms with E-state index in [2.05, 4.69) is 15.9 Å². The molecule has 2 rings (SSSR count). The summed E-state index contributed by atoms with van der Waals surface area (Å²) in [7, 11) is -1.99. The first-order chi connectivity index (χ1) is 9.73. The van der Waals surface area contributed by atoms with Crippen molar-refractivity contribution in [1.29, 1.82) is 0 Å². The molecular weight excluding hydrogens is 350 g/mol. The highest BCUT2D eigenvalue weighted by Crippen LogP contribution is 2.29. The van der Waals surface area contributed by atoms with E-state index in [4.69, 9.17) is 0 Å². The summed E-state index contributed by atoms with van der Waals surface area (Å²) in [5.74, 6) is 0. The second-order valence-electron chi connectivity index (χ2n) is 5.17. The number of sulfonamides is 1. The Bertz CT molecular complexity index is 785. The molecule has 3 nitrogen and oxygen atoms in total. The van der Waals surface area contributed by atoms with E-state index in [1.165, 1.54) is 4.31 Å². The van der Waals surface area contributed by atoms with Crippen LogP contribution in [0.5, 0.6) is 0 Å². The molecule has 112 valence electrons. The van der Waals surface area contributed by atoms with Gasteiger partial charge in [0, 0.05) is 11.5 Å². The number of hydrogen-bond donors (Lipinski definition) is 0. The Labute approximate surface area is 134 Å². The molecule has 0 saturated carbocycles. The molecule has 0 heterocycles. The standard InChI is InChI=1S/C16H18BrNO2S/c1-11-5-8-15(13(3)9-11)18(4)21(19,20)16-10-14(17)7-6-12(16)2/h5-10H,1-4H3. The summed E-state index contributed by atoms with van der Waals surface area (Å²) in [6.07, 6.45) is 0. The number of benzene rings is 2. The Balaban J connectivity index is 2.55. The van der Waals surface area contributed by atoms with Crippen molar-refractivity contribution < 1.29 is 8.42 Å². The van der Waals surface area contributed by atoms with Crippen LogP contribution in [0, 0.1) is 20.8 Å². The summed E-state index contributed by atoms with van der Waals surface area (Å²) in [6.45, 7) is 5.71. The average molecular weight is 368 g/mol. The highest BCUT2D eigenvalue weighted by Gasteiger charge is 2.24. The van der Waals surface area contributed by atoms with Crippen molar-refractivity contribution in [2.75, 3.05) is 11.4 Å². The summed E-state index contributed by atoms with van der Waals surface area (Å²) in [5, 5.41) is 0. The average Bonchev–Trinajstić information content (AvgIpc) is 2.40. The summed E-state index contributed by atoms with van der Waals surface area (Å²) in [6, 6.07) is 11.0. The third-order valence-corrected chi connectivity index (χ3v) is 5.89. The SMILES string of the molecule is Cc1ccc(N(C)S(=O)(=O)c2cc(Br)ccc2C)c(C)c1. The number of halogens is 1. The van der Waals surface area contributed by atoms with Crippen LogP contribution in [0.25, 0.3) is 0 Å². The molecule has 0 aliphatic heterocycles. The lowest BCUT2D eigenvalue weighted by Crippen LogP contribution is -2.27. The van der Waals surface area contributed by atoms with E-state index in [0.717, 1.165) is 21.2 Å². The lowest BCUT2D eigenvalue weighted by molar-refractivity contribution is 0.593. The number of aryl methyl sites for hydroxylation is 3. The van der Waals surface area contributed by atoms with Crippen LogP contribution in [0.4, 0.5) is 5.69 Å². The normalized spacial score (nSPS) is 11.5. The molecule has 0 aliphatic rings. The zero-order chi connectivity index (χ0) is 15.8. The molecule has 0 aliphatic carbocycles. The molecule has 0 saturated heterocycles. The molecule has 2 aromatic carbocycles. The molecule has 0 radical (unpaired) electrons. The van der Waals surface area contributed by atoms with Crippen molar-refractivity contribution in [3.05, 3.63) is 57.6 Å². The molecule has 2 aromatic rings. The minimum atomic E-state index is -3.58. The van der Waals surface area contributed by atoms with E-state index in [1.54, 1.807) is 26.1 Å². The van der Waals surface area contributed by atoms with Crippen molar-refractivity contribution in [2.24, 2.45) is 0 Å². The molecule has 0 amide bonds. The van der Waals surface area contributed by atoms with Gasteiger partial charge in [-0.05, 0) is 50.1 Å². The summed E-state index contributed by atoms with van der Waals surface area (Å²) in [5.41, 5.74) is 3.48. The van der Waals surface area contributed by atoms with Crippen molar-refractivity contribution in [2.45, 2.75) is 25.7 Å². The third-order valence-electron chi connectivity index (χ3n) is 3.48. The molecule has 0 aromatic heterocycles. The zero-order valence-corrected chi connectivity index (χ0v) is 14.9. The van der Waals surface area contributed by atoms with Gasteiger partial charge < -0.3 is 0 Å². The molecule has 0 unspecified atom stereocenters. The van der Waals surface area contributed by atoms with Gasteiger partial charge in [-0.1, -0.05) is 39.7 Å². The summed E-state index contributed by atoms with van der Waals surface area (Å²) < 4.78 is 27.8. The van der Waals surface area contributed by atoms with Gasteiger partial charge in [-0.15, -0.1) is 0 Å². The van der Waals surface area contributed by atoms with Gasteiger partial charge in [-0.3, -0.25) is 4.31 Å². The van der Waals surface area contributed by atoms with Gasteiger partial charge in [-0.25, -0.2) is 8.42 Å². The number of rotatable bonds is 3. The van der Waals surface area contributed by atoms with Gasteiger partial charge in [-0.2, -0.15) is 0 Å². The second kappa shape index (κ2) is 5.81. The molecule has 0 N–H and O–H groups in total. The van der Waals surface area contributed by atoms with Crippen LogP contribution in [0.2, 0.25) is 0 Å². The zero-order valence-electron chi connectivity index (χ0n) is 12.5. The lowest BCUT2D eigenvalue weighted by atomic mass is 10.1. The predicted molar refractivity (Wildman–Crippen MR) is 90.4 cm³/mol. The quantitative estimate of drug-likeness (QED) is 0.814. The molecule has 0 fully saturated rings. The first-order valence-corrected chi connectivity index (χ1v) is 8.79. The number of hydrogen-bond acceptors (Lipinski definition) is 2. The van der Waals surface area contributed by atoms with Gasteiger partial charge in [0.25, 0.3) is 10.0 Å². The largest absolute Gasteiger partial charge is 0.269 e. The van der Waals surface area contributed by atoms with Crippen molar-refractivity contribution in [3.8, 4) is 0 Å². The molecule has 0 atom stereocenters. The number of nitrogens with zero attached hydrogens (tertiary/aromatic N) is 1. The van der Waals surface area contributed by atoms with Crippen LogP contribution in [-0.2, 0) is 10.0 Å². The third kappa shape index (κ3) is 3.14. The topological polar surface area (TPSA) is 37.4 Å². The fourth-order valence-electron chi connectivity index (χ4n) is 2.29. The van der Waals surface area contributed by atoms with Gasteiger partial charge in [0.15, 0.2) is 0 Å². The van der Waals surface area contributed by atoms with Gasteiger partial charge in [0.05, 0.1) is 10.6 Å². The van der Waals surface area contributed by atoms with Crippen molar-refractivity contribution in [3.63, 3.8) is 0 Å². The Morgan fingerprint density at radius 2 is 1.62 bits per heavy atom. The summed E-state index contributed by atoms with van der Waals surface area (Å²) >= 11 is 3.34. The molecule has 0 bridgehead atoms. The smallest absolute Gasteiger partial charge is 0.264 e. The fourth-order valence-corrected chi connectivity index (χ4v) is 4.31. The number of anilines is 1. The maximum atomic E-state index is 12.8. The fraction of sp³-hybridized carbons (Fsp3) is 0.250. The van der Waals surface area contributed by atoms with Crippen LogP contribution in [0.1, 0.15) is 16.7 Å². The maximum absolute atomic E-state index is 12.8. The van der Waals surface area contributed by atoms with Crippen molar-refractivity contribution >= 4 is 31.6 Å². The van der Waals surface area contributed by atoms with E-state index < -0.39 is 10.0 Å². The van der Waals surface area contributed by atoms with Crippen LogP contribution in [0.15, 0.2) is 45.8 Å². The van der Waals surface area contributed by atoms with Gasteiger partial charge in [0.2, 0.25) is 0 Å². The first-order valence-electron chi connectivity index (χ1n) is 6.56. The molecule has 21 heavy (non-hydrogen) atoms. The monoisotopic (exact) mass is 367 g/mol. The minimum absolute atomic E-state index is 0.319. The maximum Gasteiger partial charge on any atom is 0.264 e. The Morgan fingerprint density at radius 1 is 0.952 bits per heavy atom. The predicted octanol–water partition coefficient (Wildman–Crippen LogP) is 4.20. The second-order valence-corrected chi connectivity index (χ2v) is 8.03. The van der Waals surface area contributed by atoms with E-state index >= 15 is 0 Å². The van der Waals surface area contributed by atoms with Crippen LogP contribution < -0.4 is 4.31 Å². The van der Waals surface area contributed by atoms with E-state index in [1.807, 2.05) is 38.1 Å². The molecular formula is C16H18BrNO2S. The summed E-state index contributed by atoms with van der Waals surface area (Å²) in [4.78, 5) is 0.319. The van der Waals surface area contributed by atoms with E-state index in [9.17, 15) is 8.42 Å². The highest BCUT2D eigenvalue weighted by atomic mass is 79.9. The lowest BCUT2D eigenvalue weighted by Gasteiger charge is -2.22. The Kier molecular flexibility index (Phi) is 4.44. The minimum Gasteiger partial charge on any atom is -0.269 e. The van der Waals surface area contributed by atoms with Crippen LogP contribution in [0.3, 0.4) is 0 Å². The van der Waals surface area contributed by atoms with Crippen LogP contribution in [-0.4, -0.2) is 15.5 Å². The van der Waals surface area contributed by atoms with Crippen LogP contribution >= 0.6 is 15.9 Å². The van der Waals surface area contributed by atoms with Gasteiger partial charge >= 0.3 is 0 Å². The highest BCUT2D eigenvalue weighted by molar-refractivity contribution is 9.10. The van der Waals surface area contributed by atoms with E-state index in [0.29, 0.717) is 10.6 Å². The molecule has 0 spiro atoms. The Morgan fingerprint density at radius 3 is 2.24 bits per heavy atom. The Hall–Kier alpha value is -1.33.